The molecule has 0 aromatic carbocycles. The van der Waals surface area contributed by atoms with E-state index in [1.807, 2.05) is 0 Å². The number of fused-ring (bicyclic) bond motifs is 2. The highest BCUT2D eigenvalue weighted by atomic mass is 16.6. The molecule has 1 unspecified atom stereocenters. The van der Waals surface area contributed by atoms with Crippen LogP contribution in [0, 0.1) is 23.2 Å². The number of aliphatic hydroxyl groups is 1. The van der Waals surface area contributed by atoms with Crippen molar-refractivity contribution in [3.05, 3.63) is 0 Å². The van der Waals surface area contributed by atoms with Crippen LogP contribution >= 0.6 is 0 Å². The van der Waals surface area contributed by atoms with E-state index in [2.05, 4.69) is 13.8 Å². The van der Waals surface area contributed by atoms with Gasteiger partial charge in [0.25, 0.3) is 0 Å². The van der Waals surface area contributed by atoms with Gasteiger partial charge in [-0.2, -0.15) is 0 Å². The average molecular weight is 396 g/mol. The number of carbonyl (C=O) groups excluding carboxylic acids is 2. The summed E-state index contributed by atoms with van der Waals surface area (Å²) in [5.74, 6) is -0.633. The smallest absolute Gasteiger partial charge is 0.331 e. The zero-order valence-corrected chi connectivity index (χ0v) is 18.7. The monoisotopic (exact) mass is 395 g/mol. The van der Waals surface area contributed by atoms with Gasteiger partial charge in [0.2, 0.25) is 0 Å². The molecule has 2 bridgehead atoms. The summed E-state index contributed by atoms with van der Waals surface area (Å²) in [7, 11) is 0. The van der Waals surface area contributed by atoms with Crippen molar-refractivity contribution in [2.75, 3.05) is 6.61 Å². The van der Waals surface area contributed by atoms with Crippen LogP contribution in [0.15, 0.2) is 4.99 Å². The molecule has 6 heteroatoms. The van der Waals surface area contributed by atoms with Crippen LogP contribution in [0.2, 0.25) is 0 Å². The Morgan fingerprint density at radius 1 is 1.29 bits per heavy atom. The van der Waals surface area contributed by atoms with Crippen LogP contribution in [0.25, 0.3) is 0 Å². The van der Waals surface area contributed by atoms with Gasteiger partial charge in [-0.05, 0) is 70.6 Å². The molecule has 1 N–H and O–H groups in total. The fourth-order valence-corrected chi connectivity index (χ4v) is 4.68. The molecule has 0 saturated heterocycles. The highest BCUT2D eigenvalue weighted by molar-refractivity contribution is 5.96. The Hall–Kier alpha value is -1.43. The van der Waals surface area contributed by atoms with Crippen LogP contribution in [-0.2, 0) is 19.1 Å². The fourth-order valence-electron chi connectivity index (χ4n) is 4.68. The van der Waals surface area contributed by atoms with Gasteiger partial charge in [-0.25, -0.2) is 4.79 Å². The van der Waals surface area contributed by atoms with Crippen molar-refractivity contribution < 1.29 is 24.2 Å². The number of nitrogens with zero attached hydrogens (tertiary/aromatic N) is 1. The van der Waals surface area contributed by atoms with Crippen molar-refractivity contribution in [2.45, 2.75) is 91.9 Å². The Morgan fingerprint density at radius 2 is 1.89 bits per heavy atom. The second-order valence-corrected chi connectivity index (χ2v) is 10.2. The maximum Gasteiger partial charge on any atom is 0.331 e. The van der Waals surface area contributed by atoms with Crippen LogP contribution in [0.4, 0.5) is 0 Å². The Balaban J connectivity index is 2.30. The first-order valence-electron chi connectivity index (χ1n) is 10.4. The third-order valence-electron chi connectivity index (χ3n) is 6.45. The van der Waals surface area contributed by atoms with Crippen LogP contribution in [0.3, 0.4) is 0 Å². The first-order chi connectivity index (χ1) is 12.7. The zero-order valence-electron chi connectivity index (χ0n) is 18.7. The summed E-state index contributed by atoms with van der Waals surface area (Å²) in [4.78, 5) is 29.6. The third kappa shape index (κ3) is 4.58. The first-order valence-corrected chi connectivity index (χ1v) is 10.4. The second kappa shape index (κ2) is 7.77. The topological polar surface area (TPSA) is 85.2 Å². The van der Waals surface area contributed by atoms with Crippen molar-refractivity contribution in [1.29, 1.82) is 0 Å². The fraction of sp³-hybridized carbons (Fsp3) is 0.864. The molecule has 0 aromatic heterocycles. The molecule has 3 fully saturated rings. The summed E-state index contributed by atoms with van der Waals surface area (Å²) in [5.41, 5.74) is -0.985. The lowest BCUT2D eigenvalue weighted by atomic mass is 9.44. The predicted molar refractivity (Wildman–Crippen MR) is 108 cm³/mol. The highest BCUT2D eigenvalue weighted by Crippen LogP contribution is 2.61. The van der Waals surface area contributed by atoms with Gasteiger partial charge in [-0.3, -0.25) is 9.79 Å². The molecule has 0 radical (unpaired) electrons. The summed E-state index contributed by atoms with van der Waals surface area (Å²) >= 11 is 0. The minimum atomic E-state index is -1.05. The molecular formula is C22H37NO5. The van der Waals surface area contributed by atoms with Gasteiger partial charge in [0.05, 0.1) is 13.0 Å². The van der Waals surface area contributed by atoms with Crippen molar-refractivity contribution in [2.24, 2.45) is 28.2 Å². The van der Waals surface area contributed by atoms with Crippen molar-refractivity contribution >= 4 is 17.7 Å². The molecule has 5 atom stereocenters. The molecule has 3 aliphatic rings. The summed E-state index contributed by atoms with van der Waals surface area (Å²) in [5, 5.41) is 11.2. The SMILES string of the molecule is CCOC(=O)CC(C)[C@H](N=C1C[C@@H]2C[C@H](C2(C)C)[C@]1(C)O)C(=O)OC(C)(C)C. The predicted octanol–water partition coefficient (Wildman–Crippen LogP) is 3.54. The number of hydrogen-bond donors (Lipinski definition) is 1. The lowest BCUT2D eigenvalue weighted by Crippen LogP contribution is -2.65. The number of esters is 2. The van der Waals surface area contributed by atoms with Gasteiger partial charge in [-0.15, -0.1) is 0 Å². The number of ether oxygens (including phenoxy) is 2. The second-order valence-electron chi connectivity index (χ2n) is 10.2. The van der Waals surface area contributed by atoms with E-state index in [0.29, 0.717) is 24.7 Å². The average Bonchev–Trinajstić information content (AvgIpc) is 2.50. The molecule has 0 heterocycles. The minimum absolute atomic E-state index is 0.0699. The Kier molecular flexibility index (Phi) is 6.34. The van der Waals surface area contributed by atoms with E-state index < -0.39 is 23.2 Å². The van der Waals surface area contributed by atoms with E-state index in [4.69, 9.17) is 14.5 Å². The zero-order chi connectivity index (χ0) is 21.5. The maximum absolute atomic E-state index is 12.9. The molecule has 3 rings (SSSR count). The molecule has 3 saturated carbocycles. The summed E-state index contributed by atoms with van der Waals surface area (Å²) < 4.78 is 10.6. The molecule has 0 amide bonds. The molecular weight excluding hydrogens is 358 g/mol. The molecule has 160 valence electrons. The van der Waals surface area contributed by atoms with Crippen molar-refractivity contribution in [3.8, 4) is 0 Å². The van der Waals surface area contributed by atoms with Gasteiger partial charge in [0.15, 0.2) is 6.04 Å². The van der Waals surface area contributed by atoms with Crippen LogP contribution in [0.1, 0.15) is 74.7 Å². The van der Waals surface area contributed by atoms with Gasteiger partial charge in [0.1, 0.15) is 11.2 Å². The van der Waals surface area contributed by atoms with E-state index in [-0.39, 0.29) is 29.6 Å². The van der Waals surface area contributed by atoms with Gasteiger partial charge < -0.3 is 14.6 Å². The molecule has 0 spiro atoms. The maximum atomic E-state index is 12.9. The van der Waals surface area contributed by atoms with E-state index in [0.717, 1.165) is 6.42 Å². The Bertz CT molecular complexity index is 644. The van der Waals surface area contributed by atoms with E-state index in [1.165, 1.54) is 0 Å². The molecule has 3 aliphatic carbocycles. The van der Waals surface area contributed by atoms with Crippen LogP contribution < -0.4 is 0 Å². The number of aliphatic imine (C=N–C) groups is 1. The van der Waals surface area contributed by atoms with E-state index >= 15 is 0 Å². The highest BCUT2D eigenvalue weighted by Gasteiger charge is 2.61. The minimum Gasteiger partial charge on any atom is -0.466 e. The van der Waals surface area contributed by atoms with E-state index in [9.17, 15) is 14.7 Å². The standard InChI is InChI=1S/C22H37NO5/c1-9-27-17(24)10-13(2)18(19(25)28-20(3,4)5)23-16-12-14-11-15(21(14,6)7)22(16,8)26/h13-15,18,26H,9-12H2,1-8H3/t13?,14-,15+,18-,22-/m0/s1. The molecule has 0 aromatic rings. The van der Waals surface area contributed by atoms with Crippen LogP contribution in [-0.4, -0.2) is 46.6 Å². The Morgan fingerprint density at radius 3 is 2.36 bits per heavy atom. The largest absolute Gasteiger partial charge is 0.466 e. The van der Waals surface area contributed by atoms with E-state index in [1.54, 1.807) is 41.5 Å². The third-order valence-corrected chi connectivity index (χ3v) is 6.45. The number of carbonyl (C=O) groups is 2. The first kappa shape index (κ1) is 22.9. The molecule has 0 aliphatic heterocycles. The summed E-state index contributed by atoms with van der Waals surface area (Å²) in [6.45, 7) is 15.4. The lowest BCUT2D eigenvalue weighted by Gasteiger charge is -2.62. The number of hydrogen-bond acceptors (Lipinski definition) is 6. The van der Waals surface area contributed by atoms with Crippen molar-refractivity contribution in [1.82, 2.24) is 0 Å². The molecule has 28 heavy (non-hydrogen) atoms. The van der Waals surface area contributed by atoms with Crippen molar-refractivity contribution in [3.63, 3.8) is 0 Å². The van der Waals surface area contributed by atoms with Gasteiger partial charge in [-0.1, -0.05) is 20.8 Å². The van der Waals surface area contributed by atoms with Crippen LogP contribution in [0.5, 0.6) is 0 Å². The molecule has 6 nitrogen and oxygen atoms in total. The Labute approximate surface area is 169 Å². The normalized spacial score (nSPS) is 32.2. The summed E-state index contributed by atoms with van der Waals surface area (Å²) in [6.07, 6.45) is 1.73. The van der Waals surface area contributed by atoms with Gasteiger partial charge in [0, 0.05) is 5.71 Å². The lowest BCUT2D eigenvalue weighted by molar-refractivity contribution is -0.158. The number of rotatable bonds is 6. The summed E-state index contributed by atoms with van der Waals surface area (Å²) in [6, 6.07) is -0.842. The van der Waals surface area contributed by atoms with Gasteiger partial charge >= 0.3 is 11.9 Å². The quantitative estimate of drug-likeness (QED) is 0.695.